The summed E-state index contributed by atoms with van der Waals surface area (Å²) in [6, 6.07) is 0. The van der Waals surface area contributed by atoms with Gasteiger partial charge in [-0.2, -0.15) is 0 Å². The highest BCUT2D eigenvalue weighted by Crippen LogP contribution is 2.22. The van der Waals surface area contributed by atoms with Crippen molar-refractivity contribution in [1.29, 1.82) is 0 Å². The molecule has 18 heavy (non-hydrogen) atoms. The molecule has 0 fully saturated rings. The van der Waals surface area contributed by atoms with Gasteiger partial charge in [-0.15, -0.1) is 9.05 Å². The van der Waals surface area contributed by atoms with Crippen LogP contribution in [0, 0.1) is 0 Å². The quantitative estimate of drug-likeness (QED) is 0.338. The van der Waals surface area contributed by atoms with Crippen LogP contribution in [0.3, 0.4) is 0 Å². The first-order valence-electron chi connectivity index (χ1n) is 5.67. The van der Waals surface area contributed by atoms with E-state index >= 15 is 0 Å². The molecule has 108 valence electrons. The van der Waals surface area contributed by atoms with Crippen molar-refractivity contribution in [3.05, 3.63) is 0 Å². The van der Waals surface area contributed by atoms with E-state index in [1.54, 1.807) is 27.7 Å². The van der Waals surface area contributed by atoms with E-state index in [0.29, 0.717) is 0 Å². The van der Waals surface area contributed by atoms with Gasteiger partial charge in [0.25, 0.3) is 0 Å². The zero-order chi connectivity index (χ0) is 14.2. The number of aliphatic hydroxyl groups is 2. The highest BCUT2D eigenvalue weighted by molar-refractivity contribution is 7.33. The zero-order valence-corrected chi connectivity index (χ0v) is 12.3. The summed E-state index contributed by atoms with van der Waals surface area (Å²) in [5.74, 6) is 0. The lowest BCUT2D eigenvalue weighted by atomic mass is 10.1. The fourth-order valence-electron chi connectivity index (χ4n) is 0.710. The summed E-state index contributed by atoms with van der Waals surface area (Å²) in [7, 11) is -2.23. The minimum Gasteiger partial charge on any atom is -0.394 e. The molecule has 0 saturated heterocycles. The molecule has 0 aromatic heterocycles. The summed E-state index contributed by atoms with van der Waals surface area (Å²) < 4.78 is 21.1. The van der Waals surface area contributed by atoms with Gasteiger partial charge in [0.2, 0.25) is 0 Å². The van der Waals surface area contributed by atoms with Gasteiger partial charge in [0, 0.05) is 15.6 Å². The van der Waals surface area contributed by atoms with Gasteiger partial charge in [-0.3, -0.25) is 10.6 Å². The standard InChI is InChI=1S/C10H24N2O5P/c1-9(2,5-13)11-7-16-18(15)17-8-12-10(3,4)6-14/h11-14H,5-8H2,1-4H3/q+1. The summed E-state index contributed by atoms with van der Waals surface area (Å²) >= 11 is 0. The first-order chi connectivity index (χ1) is 8.22. The summed E-state index contributed by atoms with van der Waals surface area (Å²) in [5.41, 5.74) is -0.986. The van der Waals surface area contributed by atoms with Gasteiger partial charge in [-0.1, -0.05) is 0 Å². The van der Waals surface area contributed by atoms with Crippen molar-refractivity contribution in [2.45, 2.75) is 38.8 Å². The Morgan fingerprint density at radius 3 is 1.56 bits per heavy atom. The second-order valence-corrected chi connectivity index (χ2v) is 6.17. The predicted molar refractivity (Wildman–Crippen MR) is 68.1 cm³/mol. The van der Waals surface area contributed by atoms with Crippen molar-refractivity contribution < 1.29 is 23.8 Å². The molecule has 0 bridgehead atoms. The highest BCUT2D eigenvalue weighted by atomic mass is 31.1. The smallest absolute Gasteiger partial charge is 0.394 e. The summed E-state index contributed by atoms with van der Waals surface area (Å²) in [5, 5.41) is 23.6. The molecule has 7 nitrogen and oxygen atoms in total. The molecule has 0 radical (unpaired) electrons. The van der Waals surface area contributed by atoms with E-state index in [4.69, 9.17) is 19.3 Å². The summed E-state index contributed by atoms with van der Waals surface area (Å²) in [4.78, 5) is 0. The molecule has 0 rings (SSSR count). The fraction of sp³-hybridized carbons (Fsp3) is 1.00. The van der Waals surface area contributed by atoms with Crippen LogP contribution in [0.5, 0.6) is 0 Å². The Morgan fingerprint density at radius 1 is 0.944 bits per heavy atom. The van der Waals surface area contributed by atoms with E-state index in [0.717, 1.165) is 0 Å². The lowest BCUT2D eigenvalue weighted by Crippen LogP contribution is -2.44. The fourth-order valence-corrected chi connectivity index (χ4v) is 1.12. The minimum absolute atomic E-state index is 0.0200. The van der Waals surface area contributed by atoms with Crippen molar-refractivity contribution >= 4 is 8.25 Å². The average molecular weight is 283 g/mol. The third kappa shape index (κ3) is 8.88. The molecule has 0 aromatic carbocycles. The van der Waals surface area contributed by atoms with Gasteiger partial charge < -0.3 is 10.2 Å². The molecular formula is C10H24N2O5P+. The van der Waals surface area contributed by atoms with E-state index in [2.05, 4.69) is 10.6 Å². The average Bonchev–Trinajstić information content (AvgIpc) is 2.28. The number of rotatable bonds is 10. The molecule has 4 N–H and O–H groups in total. The van der Waals surface area contributed by atoms with Gasteiger partial charge in [-0.25, -0.2) is 0 Å². The van der Waals surface area contributed by atoms with Crippen molar-refractivity contribution in [3.63, 3.8) is 0 Å². The lowest BCUT2D eigenvalue weighted by molar-refractivity contribution is 0.125. The molecule has 0 heterocycles. The van der Waals surface area contributed by atoms with Crippen LogP contribution in [-0.4, -0.2) is 48.0 Å². The maximum Gasteiger partial charge on any atom is 0.700 e. The van der Waals surface area contributed by atoms with E-state index < -0.39 is 19.3 Å². The molecule has 0 amide bonds. The van der Waals surface area contributed by atoms with Crippen LogP contribution >= 0.6 is 8.25 Å². The van der Waals surface area contributed by atoms with Crippen molar-refractivity contribution in [3.8, 4) is 0 Å². The van der Waals surface area contributed by atoms with Gasteiger partial charge in [-0.05, 0) is 27.7 Å². The second-order valence-electron chi connectivity index (χ2n) is 5.21. The van der Waals surface area contributed by atoms with Gasteiger partial charge >= 0.3 is 8.25 Å². The SMILES string of the molecule is CC(C)(CO)NCO[P+](=O)OCNC(C)(C)CO. The predicted octanol–water partition coefficient (Wildman–Crippen LogP) is 0.313. The first kappa shape index (κ1) is 17.9. The third-order valence-electron chi connectivity index (χ3n) is 2.23. The van der Waals surface area contributed by atoms with Crippen molar-refractivity contribution in [2.24, 2.45) is 0 Å². The van der Waals surface area contributed by atoms with E-state index in [1.165, 1.54) is 0 Å². The van der Waals surface area contributed by atoms with Gasteiger partial charge in [0.15, 0.2) is 13.5 Å². The van der Waals surface area contributed by atoms with Crippen LogP contribution in [0.2, 0.25) is 0 Å². The summed E-state index contributed by atoms with van der Waals surface area (Å²) in [6.07, 6.45) is 0. The van der Waals surface area contributed by atoms with Crippen LogP contribution in [0.25, 0.3) is 0 Å². The zero-order valence-electron chi connectivity index (χ0n) is 11.4. The Kier molecular flexibility index (Phi) is 8.05. The van der Waals surface area contributed by atoms with Crippen LogP contribution in [0.4, 0.5) is 0 Å². The molecule has 0 aliphatic rings. The first-order valence-corrected chi connectivity index (χ1v) is 6.77. The topological polar surface area (TPSA) is 100 Å². The molecule has 8 heteroatoms. The Bertz CT molecular complexity index is 237. The second kappa shape index (κ2) is 8.12. The van der Waals surface area contributed by atoms with E-state index in [-0.39, 0.29) is 26.7 Å². The molecule has 0 unspecified atom stereocenters. The van der Waals surface area contributed by atoms with E-state index in [9.17, 15) is 4.57 Å². The molecule has 0 aliphatic heterocycles. The monoisotopic (exact) mass is 283 g/mol. The largest absolute Gasteiger partial charge is 0.700 e. The Balaban J connectivity index is 3.67. The highest BCUT2D eigenvalue weighted by Gasteiger charge is 2.24. The maximum absolute atomic E-state index is 11.3. The van der Waals surface area contributed by atoms with Crippen LogP contribution in [0.1, 0.15) is 27.7 Å². The van der Waals surface area contributed by atoms with Crippen LogP contribution in [-0.2, 0) is 13.6 Å². The molecule has 0 aromatic rings. The number of hydrogen-bond acceptors (Lipinski definition) is 7. The van der Waals surface area contributed by atoms with Gasteiger partial charge in [0.05, 0.1) is 13.2 Å². The van der Waals surface area contributed by atoms with Crippen LogP contribution < -0.4 is 10.6 Å². The number of hydrogen-bond donors (Lipinski definition) is 4. The third-order valence-corrected chi connectivity index (χ3v) is 2.91. The molecular weight excluding hydrogens is 259 g/mol. The Hall–Kier alpha value is -0.140. The van der Waals surface area contributed by atoms with E-state index in [1.807, 2.05) is 0 Å². The Labute approximate surface area is 109 Å². The minimum atomic E-state index is -2.23. The Morgan fingerprint density at radius 2 is 1.28 bits per heavy atom. The molecule has 0 atom stereocenters. The molecule has 0 spiro atoms. The van der Waals surface area contributed by atoms with Gasteiger partial charge in [0.1, 0.15) is 0 Å². The number of aliphatic hydroxyl groups excluding tert-OH is 2. The normalized spacial score (nSPS) is 12.8. The summed E-state index contributed by atoms with van der Waals surface area (Å²) in [6.45, 7) is 7.08. The maximum atomic E-state index is 11.3. The number of nitrogens with one attached hydrogen (secondary N) is 2. The van der Waals surface area contributed by atoms with Crippen molar-refractivity contribution in [1.82, 2.24) is 10.6 Å². The molecule has 0 saturated carbocycles. The molecule has 0 aliphatic carbocycles. The van der Waals surface area contributed by atoms with Crippen molar-refractivity contribution in [2.75, 3.05) is 26.7 Å². The van der Waals surface area contributed by atoms with Crippen LogP contribution in [0.15, 0.2) is 0 Å². The lowest BCUT2D eigenvalue weighted by Gasteiger charge is -2.21.